The first-order chi connectivity index (χ1) is 35.4. The third-order valence-corrected chi connectivity index (χ3v) is 12.9. The summed E-state index contributed by atoms with van der Waals surface area (Å²) in [7, 11) is 0. The van der Waals surface area contributed by atoms with Crippen LogP contribution < -0.4 is 21.3 Å². The van der Waals surface area contributed by atoms with E-state index in [9.17, 15) is 34.5 Å². The van der Waals surface area contributed by atoms with E-state index in [2.05, 4.69) is 21.3 Å². The first-order valence-corrected chi connectivity index (χ1v) is 24.8. The van der Waals surface area contributed by atoms with Crippen molar-refractivity contribution < 1.29 is 77.1 Å². The summed E-state index contributed by atoms with van der Waals surface area (Å²) in [6.07, 6.45) is -3.50. The molecule has 4 aliphatic rings. The number of hydrogen-bond donors (Lipinski definition) is 7. The average Bonchev–Trinajstić information content (AvgIpc) is 3.80. The smallest absolute Gasteiger partial charge is 0.408 e. The highest BCUT2D eigenvalue weighted by atomic mass is 16.7. The molecule has 3 aromatic carbocycles. The fraction of sp³-hybridized carbons (Fsp3) is 0.509. The van der Waals surface area contributed by atoms with E-state index in [0.717, 1.165) is 16.7 Å². The van der Waals surface area contributed by atoms with Crippen molar-refractivity contribution in [2.45, 2.75) is 140 Å². The van der Waals surface area contributed by atoms with Crippen LogP contribution >= 0.6 is 0 Å². The van der Waals surface area contributed by atoms with Crippen LogP contribution in [0.25, 0.3) is 0 Å². The molecular formula is C53H68N4O16. The molecular weight excluding hydrogens is 949 g/mol. The van der Waals surface area contributed by atoms with Gasteiger partial charge in [-0.25, -0.2) is 14.4 Å². The molecule has 2 fully saturated rings. The SMILES string of the molecule is CCC1C=CC(NC(=O)OCc2ccccc2)C(OC2C(C)CC(NC(=O)C(CO)NC(=O)OCc3ccccc3)C(O)C2OC2CC(OC3OC(CNC(=O)OCc4ccccc4)C=CC3C)C(CO)O2)O1. The van der Waals surface area contributed by atoms with Gasteiger partial charge in [-0.2, -0.15) is 0 Å². The second-order valence-corrected chi connectivity index (χ2v) is 18.5. The number of rotatable bonds is 21. The van der Waals surface area contributed by atoms with Crippen LogP contribution in [0.15, 0.2) is 115 Å². The molecule has 73 heavy (non-hydrogen) atoms. The van der Waals surface area contributed by atoms with Gasteiger partial charge in [0.25, 0.3) is 0 Å². The van der Waals surface area contributed by atoms with E-state index in [4.69, 9.17) is 42.6 Å². The van der Waals surface area contributed by atoms with Crippen LogP contribution in [0.1, 0.15) is 56.7 Å². The molecule has 0 spiro atoms. The van der Waals surface area contributed by atoms with E-state index < -0.39 is 117 Å². The standard InChI is InChI=1S/C53H68N4O16/c1-4-37-22-23-39(56-52(63)66-30-35-16-10-6-11-17-35)50(68-37)73-46-33(3)24-40(55-48(61)41(27-58)57-53(64)67-31-36-18-12-7-13-19-36)45(60)47(46)72-44-25-42(43(28-59)70-44)71-49-32(2)20-21-38(69-49)26-54-51(62)65-29-34-14-8-5-9-15-34/h5-23,32-33,37-47,49-50,58-60H,4,24-31H2,1-3H3,(H,54,62)(H,55,61)(H,56,63)(H,57,64). The number of aliphatic hydroxyl groups excluding tert-OH is 3. The van der Waals surface area contributed by atoms with E-state index in [1.54, 1.807) is 30.3 Å². The van der Waals surface area contributed by atoms with Crippen LogP contribution in [0.5, 0.6) is 0 Å². The van der Waals surface area contributed by atoms with Gasteiger partial charge in [0.2, 0.25) is 5.91 Å². The number of hydrogen-bond acceptors (Lipinski definition) is 16. The first kappa shape index (κ1) is 54.8. The Bertz CT molecular complexity index is 2260. The number of benzene rings is 3. The normalized spacial score (nSPS) is 30.1. The lowest BCUT2D eigenvalue weighted by molar-refractivity contribution is -0.279. The summed E-state index contributed by atoms with van der Waals surface area (Å²) < 4.78 is 54.8. The zero-order chi connectivity index (χ0) is 51.7. The summed E-state index contributed by atoms with van der Waals surface area (Å²) in [6.45, 7) is 4.59. The predicted octanol–water partition coefficient (Wildman–Crippen LogP) is 4.25. The molecule has 1 aliphatic carbocycles. The van der Waals surface area contributed by atoms with Gasteiger partial charge < -0.3 is 79.2 Å². The summed E-state index contributed by atoms with van der Waals surface area (Å²) in [5.41, 5.74) is 2.35. The molecule has 20 heteroatoms. The Kier molecular flexibility index (Phi) is 20.6. The molecule has 15 unspecified atom stereocenters. The number of carbonyl (C=O) groups is 4. The zero-order valence-corrected chi connectivity index (χ0v) is 41.1. The third-order valence-electron chi connectivity index (χ3n) is 12.9. The monoisotopic (exact) mass is 1020 g/mol. The molecule has 7 rings (SSSR count). The Morgan fingerprint density at radius 3 is 1.85 bits per heavy atom. The predicted molar refractivity (Wildman–Crippen MR) is 261 cm³/mol. The number of ether oxygens (including phenoxy) is 9. The fourth-order valence-corrected chi connectivity index (χ4v) is 8.86. The lowest BCUT2D eigenvalue weighted by atomic mass is 9.80. The van der Waals surface area contributed by atoms with Crippen molar-refractivity contribution in [3.05, 3.63) is 132 Å². The quantitative estimate of drug-likeness (QED) is 0.0581. The second kappa shape index (κ2) is 27.4. The first-order valence-electron chi connectivity index (χ1n) is 24.8. The van der Waals surface area contributed by atoms with E-state index in [1.807, 2.05) is 106 Å². The summed E-state index contributed by atoms with van der Waals surface area (Å²) >= 11 is 0. The summed E-state index contributed by atoms with van der Waals surface area (Å²) in [6, 6.07) is 24.1. The molecule has 3 heterocycles. The van der Waals surface area contributed by atoms with Crippen molar-refractivity contribution in [1.29, 1.82) is 0 Å². The highest BCUT2D eigenvalue weighted by Gasteiger charge is 2.50. The summed E-state index contributed by atoms with van der Waals surface area (Å²) in [5, 5.41) is 43.7. The van der Waals surface area contributed by atoms with Gasteiger partial charge in [-0.05, 0) is 35.4 Å². The molecule has 4 amide bonds. The molecule has 1 saturated carbocycles. The number of alkyl carbamates (subject to hydrolysis) is 3. The van der Waals surface area contributed by atoms with Crippen molar-refractivity contribution >= 4 is 24.2 Å². The lowest BCUT2D eigenvalue weighted by Gasteiger charge is -2.46. The van der Waals surface area contributed by atoms with Gasteiger partial charge in [0.05, 0.1) is 50.2 Å². The molecule has 3 aromatic rings. The number of carbonyl (C=O) groups excluding carboxylic acids is 4. The molecule has 396 valence electrons. The molecule has 15 atom stereocenters. The lowest BCUT2D eigenvalue weighted by Crippen LogP contribution is -2.64. The molecule has 0 radical (unpaired) electrons. The van der Waals surface area contributed by atoms with E-state index in [1.165, 1.54) is 0 Å². The van der Waals surface area contributed by atoms with Gasteiger partial charge in [-0.15, -0.1) is 0 Å². The van der Waals surface area contributed by atoms with Crippen molar-refractivity contribution in [2.24, 2.45) is 11.8 Å². The number of nitrogens with one attached hydrogen (secondary N) is 4. The minimum absolute atomic E-state index is 0.0245. The number of amides is 4. The Labute approximate surface area is 424 Å². The third kappa shape index (κ3) is 16.0. The molecule has 0 aromatic heterocycles. The van der Waals surface area contributed by atoms with Crippen LogP contribution in [0, 0.1) is 11.8 Å². The van der Waals surface area contributed by atoms with Gasteiger partial charge in [-0.3, -0.25) is 4.79 Å². The van der Waals surface area contributed by atoms with Crippen molar-refractivity contribution in [3.63, 3.8) is 0 Å². The fourth-order valence-electron chi connectivity index (χ4n) is 8.86. The van der Waals surface area contributed by atoms with E-state index in [0.29, 0.717) is 6.42 Å². The Balaban J connectivity index is 1.03. The van der Waals surface area contributed by atoms with Crippen LogP contribution in [-0.4, -0.2) is 139 Å². The maximum absolute atomic E-state index is 13.7. The Morgan fingerprint density at radius 1 is 0.658 bits per heavy atom. The second-order valence-electron chi connectivity index (χ2n) is 18.5. The molecule has 0 bridgehead atoms. The van der Waals surface area contributed by atoms with Gasteiger partial charge >= 0.3 is 18.3 Å². The van der Waals surface area contributed by atoms with E-state index in [-0.39, 0.29) is 51.2 Å². The highest BCUT2D eigenvalue weighted by Crippen LogP contribution is 2.37. The molecule has 7 N–H and O–H groups in total. The van der Waals surface area contributed by atoms with Gasteiger partial charge in [0.15, 0.2) is 18.9 Å². The van der Waals surface area contributed by atoms with Crippen molar-refractivity contribution in [2.75, 3.05) is 19.8 Å². The summed E-state index contributed by atoms with van der Waals surface area (Å²) in [5.74, 6) is -1.51. The average molecular weight is 1020 g/mol. The van der Waals surface area contributed by atoms with E-state index >= 15 is 0 Å². The molecule has 3 aliphatic heterocycles. The van der Waals surface area contributed by atoms with Crippen molar-refractivity contribution in [3.8, 4) is 0 Å². The maximum atomic E-state index is 13.7. The summed E-state index contributed by atoms with van der Waals surface area (Å²) in [4.78, 5) is 52.1. The van der Waals surface area contributed by atoms with Crippen LogP contribution in [0.3, 0.4) is 0 Å². The van der Waals surface area contributed by atoms with Crippen LogP contribution in [0.4, 0.5) is 14.4 Å². The maximum Gasteiger partial charge on any atom is 0.408 e. The van der Waals surface area contributed by atoms with Gasteiger partial charge in [0.1, 0.15) is 50.2 Å². The van der Waals surface area contributed by atoms with Crippen molar-refractivity contribution in [1.82, 2.24) is 21.3 Å². The Hall–Kier alpha value is -5.94. The van der Waals surface area contributed by atoms with Crippen LogP contribution in [-0.2, 0) is 67.2 Å². The highest BCUT2D eigenvalue weighted by molar-refractivity contribution is 5.86. The van der Waals surface area contributed by atoms with Gasteiger partial charge in [0, 0.05) is 12.3 Å². The Morgan fingerprint density at radius 2 is 1.25 bits per heavy atom. The zero-order valence-electron chi connectivity index (χ0n) is 41.1. The minimum atomic E-state index is -1.49. The largest absolute Gasteiger partial charge is 0.445 e. The molecule has 20 nitrogen and oxygen atoms in total. The number of aliphatic hydroxyl groups is 3. The minimum Gasteiger partial charge on any atom is -0.445 e. The topological polar surface area (TPSA) is 260 Å². The molecule has 1 saturated heterocycles. The van der Waals surface area contributed by atoms with Crippen LogP contribution in [0.2, 0.25) is 0 Å². The van der Waals surface area contributed by atoms with Gasteiger partial charge in [-0.1, -0.05) is 136 Å².